The van der Waals surface area contributed by atoms with Crippen molar-refractivity contribution in [2.24, 2.45) is 4.99 Å². The first kappa shape index (κ1) is 32.3. The Morgan fingerprint density at radius 1 is 0.884 bits per heavy atom. The van der Waals surface area contributed by atoms with E-state index >= 15 is 0 Å². The van der Waals surface area contributed by atoms with Crippen molar-refractivity contribution in [3.05, 3.63) is 79.6 Å². The zero-order valence-electron chi connectivity index (χ0n) is 25.3. The maximum atomic E-state index is 12.4. The molecule has 43 heavy (non-hydrogen) atoms. The lowest BCUT2D eigenvalue weighted by molar-refractivity contribution is -0.140. The summed E-state index contributed by atoms with van der Waals surface area (Å²) in [6.07, 6.45) is 11.4. The van der Waals surface area contributed by atoms with Gasteiger partial charge < -0.3 is 20.4 Å². The van der Waals surface area contributed by atoms with Crippen LogP contribution in [0.2, 0.25) is 0 Å². The van der Waals surface area contributed by atoms with Crippen molar-refractivity contribution in [1.82, 2.24) is 15.6 Å². The van der Waals surface area contributed by atoms with Gasteiger partial charge in [0.25, 0.3) is 11.8 Å². The van der Waals surface area contributed by atoms with Crippen LogP contribution in [0.5, 0.6) is 0 Å². The lowest BCUT2D eigenvalue weighted by Crippen LogP contribution is -2.17. The third-order valence-electron chi connectivity index (χ3n) is 7.97. The number of nitrogens with zero attached hydrogens (tertiary/aromatic N) is 1. The van der Waals surface area contributed by atoms with Crippen LogP contribution in [0.1, 0.15) is 75.4 Å². The largest absolute Gasteiger partial charge is 0.469 e. The molecule has 1 aromatic heterocycles. The third kappa shape index (κ3) is 7.13. The van der Waals surface area contributed by atoms with E-state index in [0.717, 1.165) is 74.9 Å². The summed E-state index contributed by atoms with van der Waals surface area (Å²) in [6.45, 7) is 7.84. The van der Waals surface area contributed by atoms with Gasteiger partial charge in [0.2, 0.25) is 0 Å². The number of alkyl halides is 2. The van der Waals surface area contributed by atoms with E-state index in [2.05, 4.69) is 22.5 Å². The Morgan fingerprint density at radius 3 is 2.26 bits per heavy atom. The molecule has 8 nitrogen and oxygen atoms in total. The number of allylic oxidation sites excluding steroid dienone is 5. The number of methoxy groups -OCH3 is 1. The number of hydrogen-bond donors (Lipinski definition) is 3. The molecule has 0 spiro atoms. The topological polar surface area (TPSA) is 113 Å². The second-order valence-corrected chi connectivity index (χ2v) is 11.5. The number of H-pyrrole nitrogens is 1. The summed E-state index contributed by atoms with van der Waals surface area (Å²) in [5.74, 6) is 0.247. The zero-order valence-corrected chi connectivity index (χ0v) is 26.8. The van der Waals surface area contributed by atoms with Crippen LogP contribution in [0, 0.1) is 6.92 Å². The molecule has 4 rings (SSSR count). The van der Waals surface area contributed by atoms with Gasteiger partial charge in [-0.3, -0.25) is 14.4 Å². The number of aromatic nitrogens is 1. The number of carbonyl (C=O) groups excluding carboxylic acids is 3. The average molecular weight is 626 g/mol. The van der Waals surface area contributed by atoms with Crippen molar-refractivity contribution in [3.63, 3.8) is 0 Å². The minimum Gasteiger partial charge on any atom is -0.469 e. The van der Waals surface area contributed by atoms with Gasteiger partial charge in [0.1, 0.15) is 0 Å². The number of amides is 2. The summed E-state index contributed by atoms with van der Waals surface area (Å²) in [4.78, 5) is 45.4. The number of hydrogen-bond acceptors (Lipinski definition) is 5. The van der Waals surface area contributed by atoms with Crippen LogP contribution in [0.25, 0.3) is 12.2 Å². The molecule has 4 heterocycles. The first-order valence-corrected chi connectivity index (χ1v) is 15.6. The number of halogens is 2. The highest BCUT2D eigenvalue weighted by Gasteiger charge is 2.26. The van der Waals surface area contributed by atoms with Gasteiger partial charge in [0.15, 0.2) is 0 Å². The van der Waals surface area contributed by atoms with Crippen molar-refractivity contribution in [1.29, 1.82) is 0 Å². The number of aliphatic imine (C=N–C) groups is 1. The smallest absolute Gasteiger partial charge is 0.305 e. The van der Waals surface area contributed by atoms with Crippen LogP contribution in [-0.2, 0) is 25.5 Å². The molecule has 0 aromatic carbocycles. The van der Waals surface area contributed by atoms with Crippen LogP contribution in [-0.4, -0.2) is 47.3 Å². The van der Waals surface area contributed by atoms with Gasteiger partial charge in [-0.2, -0.15) is 0 Å². The highest BCUT2D eigenvalue weighted by molar-refractivity contribution is 6.18. The van der Waals surface area contributed by atoms with Crippen LogP contribution < -0.4 is 10.6 Å². The van der Waals surface area contributed by atoms with Crippen molar-refractivity contribution in [2.75, 3.05) is 18.9 Å². The van der Waals surface area contributed by atoms with E-state index in [-0.39, 0.29) is 24.2 Å². The molecule has 0 unspecified atom stereocenters. The van der Waals surface area contributed by atoms with E-state index in [1.807, 2.05) is 38.2 Å². The van der Waals surface area contributed by atoms with Gasteiger partial charge in [-0.25, -0.2) is 4.99 Å². The highest BCUT2D eigenvalue weighted by atomic mass is 35.5. The first-order chi connectivity index (χ1) is 20.6. The Morgan fingerprint density at radius 2 is 1.58 bits per heavy atom. The summed E-state index contributed by atoms with van der Waals surface area (Å²) in [5.41, 5.74) is 10.9. The van der Waals surface area contributed by atoms with Crippen molar-refractivity contribution < 1.29 is 19.1 Å². The summed E-state index contributed by atoms with van der Waals surface area (Å²) in [7, 11) is 1.38. The zero-order chi connectivity index (χ0) is 31.3. The van der Waals surface area contributed by atoms with Crippen molar-refractivity contribution >= 4 is 58.8 Å². The number of carbonyl (C=O) groups is 3. The highest BCUT2D eigenvalue weighted by Crippen LogP contribution is 2.32. The van der Waals surface area contributed by atoms with E-state index < -0.39 is 0 Å². The number of nitrogens with one attached hydrogen (secondary N) is 3. The Kier molecular flexibility index (Phi) is 10.7. The monoisotopic (exact) mass is 624 g/mol. The maximum Gasteiger partial charge on any atom is 0.305 e. The number of aromatic amines is 1. The molecule has 0 saturated carbocycles. The summed E-state index contributed by atoms with van der Waals surface area (Å²) in [6, 6.07) is 0. The van der Waals surface area contributed by atoms with Crippen molar-refractivity contribution in [3.8, 4) is 0 Å². The first-order valence-electron chi connectivity index (χ1n) is 14.5. The molecule has 0 atom stereocenters. The van der Waals surface area contributed by atoms with Crippen LogP contribution in [0.3, 0.4) is 0 Å². The Labute approximate surface area is 262 Å². The predicted molar refractivity (Wildman–Crippen MR) is 173 cm³/mol. The van der Waals surface area contributed by atoms with Crippen LogP contribution in [0.15, 0.2) is 62.1 Å². The molecule has 2 amide bonds. The minimum absolute atomic E-state index is 0.118. The molecule has 3 aliphatic rings. The lowest BCUT2D eigenvalue weighted by Gasteiger charge is -2.05. The second kappa shape index (κ2) is 14.2. The molecule has 0 fully saturated rings. The molecular weight excluding hydrogens is 587 g/mol. The molecule has 1 aromatic rings. The fourth-order valence-electron chi connectivity index (χ4n) is 5.53. The van der Waals surface area contributed by atoms with Gasteiger partial charge in [-0.15, -0.1) is 23.2 Å². The average Bonchev–Trinajstić information content (AvgIpc) is 3.65. The number of ether oxygens (including phenoxy) is 1. The molecule has 0 aliphatic carbocycles. The van der Waals surface area contributed by atoms with Crippen LogP contribution >= 0.6 is 23.2 Å². The van der Waals surface area contributed by atoms with Crippen LogP contribution in [0.4, 0.5) is 0 Å². The molecule has 3 N–H and O–H groups in total. The van der Waals surface area contributed by atoms with E-state index in [1.54, 1.807) is 6.92 Å². The maximum absolute atomic E-state index is 12.4. The third-order valence-corrected chi connectivity index (χ3v) is 8.35. The number of rotatable bonds is 12. The quantitative estimate of drug-likeness (QED) is 0.186. The Bertz CT molecular complexity index is 1570. The van der Waals surface area contributed by atoms with Crippen molar-refractivity contribution in [2.45, 2.75) is 66.2 Å². The predicted octanol–water partition coefficient (Wildman–Crippen LogP) is 6.33. The minimum atomic E-state index is -0.292. The normalized spacial score (nSPS) is 19.7. The van der Waals surface area contributed by atoms with E-state index in [0.29, 0.717) is 42.2 Å². The van der Waals surface area contributed by atoms with Gasteiger partial charge in [-0.1, -0.05) is 13.3 Å². The molecule has 10 heteroatoms. The second-order valence-electron chi connectivity index (χ2n) is 10.7. The summed E-state index contributed by atoms with van der Waals surface area (Å²) >= 11 is 11.9. The van der Waals surface area contributed by atoms with Gasteiger partial charge >= 0.3 is 5.97 Å². The molecule has 0 radical (unpaired) electrons. The van der Waals surface area contributed by atoms with Gasteiger partial charge in [-0.05, 0) is 98.6 Å². The van der Waals surface area contributed by atoms with Gasteiger partial charge in [0.05, 0.1) is 18.5 Å². The Hall–Kier alpha value is -3.62. The molecule has 3 aliphatic heterocycles. The van der Waals surface area contributed by atoms with Gasteiger partial charge in [0, 0.05) is 52.1 Å². The molecule has 0 bridgehead atoms. The molecule has 0 saturated heterocycles. The molecule has 228 valence electrons. The Balaban J connectivity index is 1.77. The lowest BCUT2D eigenvalue weighted by atomic mass is 10.0. The fraction of sp³-hybridized carbons (Fsp3) is 0.394. The SMILES string of the molecule is CCCC1=CC(/C=C2\NC(=O)C(CCCl)=C2C)=NC/1=C\c1[nH]c(/C=C2\NC(=O)C(C)=C2CCCl)c(C)c1CCC(=O)OC. The summed E-state index contributed by atoms with van der Waals surface area (Å²) in [5, 5.41) is 5.90. The summed E-state index contributed by atoms with van der Waals surface area (Å²) < 4.78 is 4.91. The number of esters is 1. The fourth-order valence-corrected chi connectivity index (χ4v) is 5.90. The van der Waals surface area contributed by atoms with E-state index in [1.165, 1.54) is 7.11 Å². The molecular formula is C33H38Cl2N4O4. The van der Waals surface area contributed by atoms with E-state index in [9.17, 15) is 14.4 Å². The van der Waals surface area contributed by atoms with E-state index in [4.69, 9.17) is 32.9 Å². The standard InChI is InChI=1S/C33H38Cl2N4O4/c1-6-7-21-14-22(15-26-19(3)25(11-13-35)33(42)38-26)36-28(21)17-29-23(8-9-31(40)43-5)18(2)27(37-29)16-30-24(10-12-34)20(4)32(41)39-30/h14-17,37H,6-13H2,1-5H3,(H,38,42)(H,39,41)/b26-15-,28-17-,30-16-.